The van der Waals surface area contributed by atoms with Crippen molar-refractivity contribution in [1.82, 2.24) is 19.9 Å². The zero-order valence-corrected chi connectivity index (χ0v) is 66.2. The molecule has 24 rings (SSSR count). The van der Waals surface area contributed by atoms with Gasteiger partial charge in [-0.15, -0.1) is 0 Å². The van der Waals surface area contributed by atoms with E-state index < -0.39 is 0 Å². The summed E-state index contributed by atoms with van der Waals surface area (Å²) in [4.78, 5) is 20.6. The molecule has 8 heterocycles. The van der Waals surface area contributed by atoms with Crippen molar-refractivity contribution in [2.75, 3.05) is 0 Å². The minimum atomic E-state index is 0.419. The largest absolute Gasteiger partial charge is 0.456 e. The van der Waals surface area contributed by atoms with Crippen LogP contribution < -0.4 is 0 Å². The molecule has 0 N–H and O–H groups in total. The van der Waals surface area contributed by atoms with Crippen LogP contribution in [0.5, 0.6) is 0 Å². The highest BCUT2D eigenvalue weighted by Gasteiger charge is 2.21. The van der Waals surface area contributed by atoms with Crippen LogP contribution in [0, 0.1) is 40.6 Å². The number of hydrogen-bond donors (Lipinski definition) is 0. The van der Waals surface area contributed by atoms with Gasteiger partial charge in [0.25, 0.3) is 0 Å². The molecule has 0 saturated heterocycles. The Balaban J connectivity index is 0.000000101. The van der Waals surface area contributed by atoms with Crippen LogP contribution in [0.15, 0.2) is 407 Å². The van der Waals surface area contributed by atoms with E-state index in [0.29, 0.717) is 22.5 Å². The van der Waals surface area contributed by atoms with Crippen molar-refractivity contribution in [1.29, 1.82) is 15.8 Å². The lowest BCUT2D eigenvalue weighted by molar-refractivity contribution is 0.669. The van der Waals surface area contributed by atoms with Crippen molar-refractivity contribution in [2.45, 2.75) is 0 Å². The third-order valence-corrected chi connectivity index (χ3v) is 23.1. The average Bonchev–Trinajstić information content (AvgIpc) is 1.57. The second-order valence-electron chi connectivity index (χ2n) is 30.2. The summed E-state index contributed by atoms with van der Waals surface area (Å²) in [6, 6.07) is 128. The summed E-state index contributed by atoms with van der Waals surface area (Å²) in [6.07, 6.45) is 8.39. The maximum Gasteiger partial charge on any atom is 0.190 e. The number of furan rings is 4. The average molecular weight is 1590 g/mol. The summed E-state index contributed by atoms with van der Waals surface area (Å²) in [5.41, 5.74) is 25.9. The van der Waals surface area contributed by atoms with E-state index in [0.717, 1.165) is 177 Å². The van der Waals surface area contributed by atoms with E-state index in [4.69, 9.17) is 40.0 Å². The predicted octanol–water partition coefficient (Wildman–Crippen LogP) is 30.0. The predicted molar refractivity (Wildman–Crippen MR) is 500 cm³/mol. The van der Waals surface area contributed by atoms with Crippen molar-refractivity contribution in [3.63, 3.8) is 0 Å². The molecule has 124 heavy (non-hydrogen) atoms. The molecule has 12 heteroatoms. The fourth-order valence-electron chi connectivity index (χ4n) is 17.3. The zero-order valence-electron chi connectivity index (χ0n) is 66.2. The highest BCUT2D eigenvalue weighted by atomic mass is 16.3. The van der Waals surface area contributed by atoms with Crippen molar-refractivity contribution >= 4 is 137 Å². The van der Waals surface area contributed by atoms with E-state index in [1.165, 1.54) is 43.1 Å². The van der Waals surface area contributed by atoms with Gasteiger partial charge in [-0.3, -0.25) is 15.0 Å². The minimum Gasteiger partial charge on any atom is -0.456 e. The van der Waals surface area contributed by atoms with E-state index in [1.54, 1.807) is 43.1 Å². The van der Waals surface area contributed by atoms with E-state index in [1.807, 2.05) is 103 Å². The molecule has 0 aliphatic heterocycles. The van der Waals surface area contributed by atoms with E-state index in [9.17, 15) is 0 Å². The van der Waals surface area contributed by atoms with Gasteiger partial charge in [0.2, 0.25) is 0 Å². The van der Waals surface area contributed by atoms with Gasteiger partial charge in [0, 0.05) is 85.2 Å². The van der Waals surface area contributed by atoms with Gasteiger partial charge >= 0.3 is 0 Å². The molecule has 0 fully saturated rings. The molecule has 0 atom stereocenters. The molecule has 0 spiro atoms. The standard InChI is InChI=1S/4C28H16N2O/c1-29-20-13-14-30-25(16-20)19-8-6-7-18(15-19)24-17-27-28(22-10-3-2-9-21(22)24)23-11-4-5-12-26(23)31-27;29-15-18-13-21(17-30-16-18)19-9-11-20(12-10-19)25-14-27-28(23-6-2-1-5-22(23)25)24-7-3-4-8-26(24)31-27;29-17-18-13-14-30-25(15-18)20-11-9-19(10-12-20)24-16-27-28(22-6-2-1-5-21(22)24)23-7-3-4-8-26(23)31-27;29-17-21-15-20(13-14-30-21)18-9-11-19(12-10-18)25-16-27-28(23-6-2-1-5-22(23)25)24-7-3-4-8-26(24)31-27/h2-17H;1-14,16-17H;2*1-16H. The molecule has 0 aliphatic carbocycles. The molecule has 0 aliphatic rings. The summed E-state index contributed by atoms with van der Waals surface area (Å²) in [6.45, 7) is 7.28. The van der Waals surface area contributed by atoms with Gasteiger partial charge in [-0.25, -0.2) is 9.83 Å². The van der Waals surface area contributed by atoms with Crippen LogP contribution in [0.3, 0.4) is 0 Å². The van der Waals surface area contributed by atoms with E-state index in [-0.39, 0.29) is 0 Å². The molecule has 576 valence electrons. The first-order chi connectivity index (χ1) is 61.3. The van der Waals surface area contributed by atoms with Crippen LogP contribution in [0.4, 0.5) is 5.69 Å². The lowest BCUT2D eigenvalue weighted by Crippen LogP contribution is -1.86. The number of pyridine rings is 4. The molecule has 0 radical (unpaired) electrons. The first-order valence-electron chi connectivity index (χ1n) is 40.4. The molecule has 0 amide bonds. The van der Waals surface area contributed by atoms with Crippen LogP contribution >= 0.6 is 0 Å². The first-order valence-corrected chi connectivity index (χ1v) is 40.4. The minimum absolute atomic E-state index is 0.419. The van der Waals surface area contributed by atoms with Crippen molar-refractivity contribution in [2.24, 2.45) is 0 Å². The van der Waals surface area contributed by atoms with Crippen molar-refractivity contribution in [3.8, 4) is 107 Å². The van der Waals surface area contributed by atoms with Gasteiger partial charge in [-0.2, -0.15) is 15.8 Å². The maximum absolute atomic E-state index is 9.15. The molecule has 8 aromatic heterocycles. The number of para-hydroxylation sites is 4. The van der Waals surface area contributed by atoms with Crippen LogP contribution in [0.2, 0.25) is 0 Å². The summed E-state index contributed by atoms with van der Waals surface area (Å²) in [7, 11) is 0. The van der Waals surface area contributed by atoms with Crippen LogP contribution in [-0.2, 0) is 0 Å². The van der Waals surface area contributed by atoms with Crippen molar-refractivity contribution in [3.05, 3.63) is 417 Å². The molecule has 24 aromatic rings. The third-order valence-electron chi connectivity index (χ3n) is 23.1. The fraction of sp³-hybridized carbons (Fsp3) is 0. The zero-order chi connectivity index (χ0) is 83.1. The quantitative estimate of drug-likeness (QED) is 0.132. The second-order valence-corrected chi connectivity index (χ2v) is 30.2. The SMILES string of the molecule is N#Cc1cc(-c2ccc(-c3cc4oc5ccccc5c4c4ccccc34)cc2)ccn1.N#Cc1ccnc(-c2ccc(-c3cc4oc5ccccc5c4c4ccccc34)cc2)c1.N#Cc1cncc(-c2ccc(-c3cc4oc5ccccc5c4c4ccccc34)cc2)c1.[C-]#[N+]c1ccnc(-c2cccc(-c3cc4oc5ccccc5c4c4ccccc34)c2)c1. The molecule has 0 saturated carbocycles. The number of fused-ring (bicyclic) bond motifs is 20. The Bertz CT molecular complexity index is 7970. The maximum atomic E-state index is 9.15. The van der Waals surface area contributed by atoms with Gasteiger partial charge in [0.05, 0.1) is 35.2 Å². The number of aromatic nitrogens is 4. The lowest BCUT2D eigenvalue weighted by atomic mass is 9.93. The molecule has 0 bridgehead atoms. The van der Waals surface area contributed by atoms with E-state index >= 15 is 0 Å². The van der Waals surface area contributed by atoms with Gasteiger partial charge in [-0.1, -0.05) is 261 Å². The molecule has 16 aromatic carbocycles. The number of benzene rings is 16. The van der Waals surface area contributed by atoms with Gasteiger partial charge in [0.15, 0.2) is 5.69 Å². The summed E-state index contributed by atoms with van der Waals surface area (Å²) in [5, 5.41) is 46.1. The Kier molecular flexibility index (Phi) is 18.9. The lowest BCUT2D eigenvalue weighted by Gasteiger charge is -2.10. The number of hydrogen-bond acceptors (Lipinski definition) is 11. The topological polar surface area (TPSA) is 180 Å². The Hall–Kier alpha value is -17.7. The summed E-state index contributed by atoms with van der Waals surface area (Å²) in [5.74, 6) is 0. The smallest absolute Gasteiger partial charge is 0.190 e. The Morgan fingerprint density at radius 3 is 1.01 bits per heavy atom. The Morgan fingerprint density at radius 1 is 0.234 bits per heavy atom. The number of rotatable bonds is 8. The molecular formula is C112H64N8O4. The van der Waals surface area contributed by atoms with E-state index in [2.05, 4.69) is 286 Å². The normalized spacial score (nSPS) is 11.2. The molecular weight excluding hydrogens is 1520 g/mol. The van der Waals surface area contributed by atoms with Gasteiger partial charge in [0.1, 0.15) is 62.5 Å². The van der Waals surface area contributed by atoms with Crippen LogP contribution in [-0.4, -0.2) is 19.9 Å². The summed E-state index contributed by atoms with van der Waals surface area (Å²) < 4.78 is 24.8. The van der Waals surface area contributed by atoms with Crippen molar-refractivity contribution < 1.29 is 17.7 Å². The Morgan fingerprint density at radius 2 is 0.589 bits per heavy atom. The van der Waals surface area contributed by atoms with Crippen LogP contribution in [0.1, 0.15) is 16.8 Å². The fourth-order valence-corrected chi connectivity index (χ4v) is 17.3. The van der Waals surface area contributed by atoms with Gasteiger partial charge < -0.3 is 17.7 Å². The van der Waals surface area contributed by atoms with Gasteiger partial charge in [-0.05, 0) is 207 Å². The van der Waals surface area contributed by atoms with Crippen LogP contribution in [0.25, 0.3) is 225 Å². The summed E-state index contributed by atoms with van der Waals surface area (Å²) >= 11 is 0. The highest BCUT2D eigenvalue weighted by molar-refractivity contribution is 6.26. The second kappa shape index (κ2) is 31.6. The third kappa shape index (κ3) is 13.6. The molecule has 0 unspecified atom stereocenters. The molecule has 12 nitrogen and oxygen atoms in total. The number of nitriles is 3. The number of nitrogens with zero attached hydrogens (tertiary/aromatic N) is 8. The highest BCUT2D eigenvalue weighted by Crippen LogP contribution is 2.46. The first kappa shape index (κ1) is 73.9. The monoisotopic (exact) mass is 1580 g/mol. The Labute approximate surface area is 710 Å².